The van der Waals surface area contributed by atoms with Gasteiger partial charge < -0.3 is 5.32 Å². The molecule has 1 atom stereocenters. The Balaban J connectivity index is 2.47. The smallest absolute Gasteiger partial charge is 0.258 e. The van der Waals surface area contributed by atoms with Crippen molar-refractivity contribution in [2.45, 2.75) is 6.17 Å². The van der Waals surface area contributed by atoms with Crippen molar-refractivity contribution in [3.8, 4) is 11.1 Å². The zero-order chi connectivity index (χ0) is 13.0. The van der Waals surface area contributed by atoms with Crippen LogP contribution in [0.15, 0.2) is 54.6 Å². The maximum absolute atomic E-state index is 14.1. The molecule has 0 spiro atoms. The summed E-state index contributed by atoms with van der Waals surface area (Å²) in [5, 5.41) is 2.33. The minimum absolute atomic E-state index is 0.392. The molecule has 1 unspecified atom stereocenters. The average Bonchev–Trinajstić information content (AvgIpc) is 2.46. The first-order chi connectivity index (χ1) is 8.74. The molecule has 2 rings (SSSR count). The lowest BCUT2D eigenvalue weighted by Crippen LogP contribution is -2.23. The number of alkyl halides is 1. The van der Waals surface area contributed by atoms with E-state index in [2.05, 4.69) is 5.32 Å². The molecule has 0 aliphatic carbocycles. The van der Waals surface area contributed by atoms with Crippen LogP contribution in [0.5, 0.6) is 0 Å². The van der Waals surface area contributed by atoms with Gasteiger partial charge in [0.25, 0.3) is 5.91 Å². The van der Waals surface area contributed by atoms with E-state index in [0.717, 1.165) is 11.1 Å². The van der Waals surface area contributed by atoms with Crippen molar-refractivity contribution < 1.29 is 9.18 Å². The highest BCUT2D eigenvalue weighted by Gasteiger charge is 2.21. The van der Waals surface area contributed by atoms with E-state index >= 15 is 0 Å². The lowest BCUT2D eigenvalue weighted by atomic mass is 9.96. The number of carbonyl (C=O) groups excluding carboxylic acids is 1. The molecular weight excluding hydrogens is 229 g/mol. The van der Waals surface area contributed by atoms with Crippen LogP contribution in [0.4, 0.5) is 4.39 Å². The van der Waals surface area contributed by atoms with E-state index in [9.17, 15) is 9.18 Å². The molecule has 3 heteroatoms. The first-order valence-electron chi connectivity index (χ1n) is 5.74. The number of nitrogens with one attached hydrogen (secondary N) is 1. The lowest BCUT2D eigenvalue weighted by Gasteiger charge is -2.12. The molecule has 0 aliphatic rings. The molecule has 0 saturated heterocycles. The Bertz CT molecular complexity index is 539. The first-order valence-corrected chi connectivity index (χ1v) is 5.74. The van der Waals surface area contributed by atoms with Gasteiger partial charge in [0.15, 0.2) is 0 Å². The highest BCUT2D eigenvalue weighted by atomic mass is 19.1. The maximum atomic E-state index is 14.1. The summed E-state index contributed by atoms with van der Waals surface area (Å²) in [4.78, 5) is 11.4. The van der Waals surface area contributed by atoms with Gasteiger partial charge in [0.1, 0.15) is 0 Å². The number of hydrogen-bond donors (Lipinski definition) is 1. The molecule has 0 aromatic heterocycles. The highest BCUT2D eigenvalue weighted by molar-refractivity contribution is 5.84. The summed E-state index contributed by atoms with van der Waals surface area (Å²) in [6.07, 6.45) is -1.65. The first kappa shape index (κ1) is 12.3. The van der Waals surface area contributed by atoms with Gasteiger partial charge in [-0.2, -0.15) is 0 Å². The van der Waals surface area contributed by atoms with E-state index in [1.165, 1.54) is 7.05 Å². The summed E-state index contributed by atoms with van der Waals surface area (Å²) in [7, 11) is 1.43. The van der Waals surface area contributed by atoms with E-state index in [1.54, 1.807) is 12.1 Å². The van der Waals surface area contributed by atoms with Crippen molar-refractivity contribution in [2.24, 2.45) is 0 Å². The van der Waals surface area contributed by atoms with Crippen molar-refractivity contribution in [1.82, 2.24) is 5.32 Å². The highest BCUT2D eigenvalue weighted by Crippen LogP contribution is 2.30. The average molecular weight is 243 g/mol. The summed E-state index contributed by atoms with van der Waals surface area (Å²) < 4.78 is 14.1. The number of likely N-dealkylation sites (N-methyl/N-ethyl adjacent to an activating group) is 1. The molecule has 0 saturated carbocycles. The predicted octanol–water partition coefficient (Wildman–Crippen LogP) is 3.11. The Labute approximate surface area is 105 Å². The second-order valence-electron chi connectivity index (χ2n) is 3.93. The van der Waals surface area contributed by atoms with Gasteiger partial charge in [0.2, 0.25) is 6.17 Å². The monoisotopic (exact) mass is 243 g/mol. The van der Waals surface area contributed by atoms with Crippen LogP contribution in [0.1, 0.15) is 11.7 Å². The van der Waals surface area contributed by atoms with Gasteiger partial charge in [-0.05, 0) is 11.1 Å². The normalized spacial score (nSPS) is 11.9. The summed E-state index contributed by atoms with van der Waals surface area (Å²) in [6.45, 7) is 0. The number of hydrogen-bond acceptors (Lipinski definition) is 1. The van der Waals surface area contributed by atoms with Crippen molar-refractivity contribution in [3.05, 3.63) is 60.2 Å². The standard InChI is InChI=1S/C15H14FNO/c1-17-15(18)14(16)13-10-6-5-9-12(13)11-7-3-2-4-8-11/h2-10,14H,1H3,(H,17,18). The second kappa shape index (κ2) is 5.45. The summed E-state index contributed by atoms with van der Waals surface area (Å²) in [6, 6.07) is 16.5. The Hall–Kier alpha value is -2.16. The fraction of sp³-hybridized carbons (Fsp3) is 0.133. The fourth-order valence-electron chi connectivity index (χ4n) is 1.87. The molecule has 2 nitrogen and oxygen atoms in total. The predicted molar refractivity (Wildman–Crippen MR) is 69.8 cm³/mol. The minimum atomic E-state index is -1.65. The van der Waals surface area contributed by atoms with Crippen LogP contribution in [0.2, 0.25) is 0 Å². The summed E-state index contributed by atoms with van der Waals surface area (Å²) in [5.74, 6) is -0.626. The maximum Gasteiger partial charge on any atom is 0.258 e. The molecule has 0 heterocycles. The minimum Gasteiger partial charge on any atom is -0.356 e. The van der Waals surface area contributed by atoms with Crippen LogP contribution in [-0.4, -0.2) is 13.0 Å². The largest absolute Gasteiger partial charge is 0.356 e. The van der Waals surface area contributed by atoms with E-state index in [4.69, 9.17) is 0 Å². The Morgan fingerprint density at radius 2 is 1.67 bits per heavy atom. The SMILES string of the molecule is CNC(=O)C(F)c1ccccc1-c1ccccc1. The van der Waals surface area contributed by atoms with Gasteiger partial charge in [0, 0.05) is 12.6 Å². The summed E-state index contributed by atoms with van der Waals surface area (Å²) >= 11 is 0. The summed E-state index contributed by atoms with van der Waals surface area (Å²) in [5.41, 5.74) is 2.04. The quantitative estimate of drug-likeness (QED) is 0.881. The van der Waals surface area contributed by atoms with Crippen LogP contribution in [0.25, 0.3) is 11.1 Å². The zero-order valence-electron chi connectivity index (χ0n) is 10.1. The molecule has 1 amide bonds. The number of benzene rings is 2. The van der Waals surface area contributed by atoms with Gasteiger partial charge in [-0.25, -0.2) is 4.39 Å². The van der Waals surface area contributed by atoms with Gasteiger partial charge in [-0.15, -0.1) is 0 Å². The van der Waals surface area contributed by atoms with E-state index in [-0.39, 0.29) is 0 Å². The number of rotatable bonds is 3. The second-order valence-corrected chi connectivity index (χ2v) is 3.93. The van der Waals surface area contributed by atoms with Crippen LogP contribution in [0.3, 0.4) is 0 Å². The number of amides is 1. The van der Waals surface area contributed by atoms with Gasteiger partial charge in [-0.1, -0.05) is 54.6 Å². The molecule has 1 N–H and O–H groups in total. The van der Waals surface area contributed by atoms with Crippen molar-refractivity contribution >= 4 is 5.91 Å². The van der Waals surface area contributed by atoms with Crippen LogP contribution in [0, 0.1) is 0 Å². The van der Waals surface area contributed by atoms with Crippen molar-refractivity contribution in [3.63, 3.8) is 0 Å². The van der Waals surface area contributed by atoms with Gasteiger partial charge in [-0.3, -0.25) is 4.79 Å². The zero-order valence-corrected chi connectivity index (χ0v) is 10.1. The molecule has 2 aromatic rings. The Morgan fingerprint density at radius 3 is 2.33 bits per heavy atom. The molecule has 0 bridgehead atoms. The number of carbonyl (C=O) groups is 1. The lowest BCUT2D eigenvalue weighted by molar-refractivity contribution is -0.125. The molecule has 0 aliphatic heterocycles. The van der Waals surface area contributed by atoms with E-state index < -0.39 is 12.1 Å². The van der Waals surface area contributed by atoms with Crippen molar-refractivity contribution in [2.75, 3.05) is 7.05 Å². The topological polar surface area (TPSA) is 29.1 Å². The van der Waals surface area contributed by atoms with Crippen LogP contribution in [-0.2, 0) is 4.79 Å². The van der Waals surface area contributed by atoms with E-state index in [1.807, 2.05) is 42.5 Å². The Morgan fingerprint density at radius 1 is 1.06 bits per heavy atom. The van der Waals surface area contributed by atoms with Crippen LogP contribution >= 0.6 is 0 Å². The van der Waals surface area contributed by atoms with Gasteiger partial charge in [0.05, 0.1) is 0 Å². The third-order valence-electron chi connectivity index (χ3n) is 2.80. The van der Waals surface area contributed by atoms with Gasteiger partial charge >= 0.3 is 0 Å². The number of halogens is 1. The Kier molecular flexibility index (Phi) is 3.72. The molecule has 92 valence electrons. The molecular formula is C15H14FNO. The molecule has 18 heavy (non-hydrogen) atoms. The third-order valence-corrected chi connectivity index (χ3v) is 2.80. The third kappa shape index (κ3) is 2.40. The van der Waals surface area contributed by atoms with Crippen LogP contribution < -0.4 is 5.32 Å². The fourth-order valence-corrected chi connectivity index (χ4v) is 1.87. The molecule has 0 fully saturated rings. The van der Waals surface area contributed by atoms with E-state index in [0.29, 0.717) is 5.56 Å². The molecule has 0 radical (unpaired) electrons. The van der Waals surface area contributed by atoms with Crippen molar-refractivity contribution in [1.29, 1.82) is 0 Å². The molecule has 2 aromatic carbocycles.